The number of nitrogens with zero attached hydrogens (tertiary/aromatic N) is 1. The number of rotatable bonds is 2. The molecule has 0 radical (unpaired) electrons. The normalized spacial score (nSPS) is 9.78. The first-order valence-corrected chi connectivity index (χ1v) is 5.07. The fraction of sp³-hybridized carbons (Fsp3) is 0. The predicted octanol–water partition coefficient (Wildman–Crippen LogP) is 2.78. The molecule has 0 aliphatic heterocycles. The van der Waals surface area contributed by atoms with Gasteiger partial charge in [0.15, 0.2) is 5.75 Å². The summed E-state index contributed by atoms with van der Waals surface area (Å²) in [7, 11) is 0. The lowest BCUT2D eigenvalue weighted by atomic mass is 10.2. The summed E-state index contributed by atoms with van der Waals surface area (Å²) >= 11 is 0. The molecule has 3 N–H and O–H groups in total. The molecule has 0 aliphatic carbocycles. The summed E-state index contributed by atoms with van der Waals surface area (Å²) in [6, 6.07) is 9.90. The molecule has 0 amide bonds. The summed E-state index contributed by atoms with van der Waals surface area (Å²) < 4.78 is 18.3. The van der Waals surface area contributed by atoms with E-state index in [0.717, 1.165) is 6.07 Å². The minimum absolute atomic E-state index is 0.0535. The van der Waals surface area contributed by atoms with Crippen molar-refractivity contribution in [2.24, 2.45) is 0 Å². The average Bonchev–Trinajstić information content (AvgIpc) is 2.37. The summed E-state index contributed by atoms with van der Waals surface area (Å²) in [4.78, 5) is 0. The number of hydrogen-bond acceptors (Lipinski definition) is 4. The van der Waals surface area contributed by atoms with Gasteiger partial charge < -0.3 is 15.6 Å². The van der Waals surface area contributed by atoms with E-state index in [2.05, 4.69) is 0 Å². The lowest BCUT2D eigenvalue weighted by Crippen LogP contribution is -1.94. The van der Waals surface area contributed by atoms with Crippen LogP contribution in [0.1, 0.15) is 5.56 Å². The second-order valence-electron chi connectivity index (χ2n) is 3.54. The van der Waals surface area contributed by atoms with Crippen LogP contribution in [-0.2, 0) is 0 Å². The zero-order chi connectivity index (χ0) is 13.1. The van der Waals surface area contributed by atoms with Crippen molar-refractivity contribution >= 4 is 5.69 Å². The van der Waals surface area contributed by atoms with Crippen molar-refractivity contribution < 1.29 is 14.2 Å². The number of para-hydroxylation sites is 1. The van der Waals surface area contributed by atoms with E-state index in [-0.39, 0.29) is 28.5 Å². The van der Waals surface area contributed by atoms with Gasteiger partial charge in [-0.05, 0) is 30.3 Å². The minimum atomic E-state index is -0.525. The lowest BCUT2D eigenvalue weighted by Gasteiger charge is -2.10. The maximum Gasteiger partial charge on any atom is 0.154 e. The molecule has 0 spiro atoms. The van der Waals surface area contributed by atoms with Gasteiger partial charge in [0.05, 0.1) is 5.56 Å². The number of nitrogens with two attached hydrogens (primary N) is 1. The molecule has 2 aromatic carbocycles. The third-order valence-corrected chi connectivity index (χ3v) is 2.33. The van der Waals surface area contributed by atoms with Crippen molar-refractivity contribution in [3.8, 4) is 23.3 Å². The molecule has 0 fully saturated rings. The first-order chi connectivity index (χ1) is 8.61. The molecule has 0 heterocycles. The van der Waals surface area contributed by atoms with E-state index in [1.807, 2.05) is 6.07 Å². The molecular formula is C13H9FN2O2. The second kappa shape index (κ2) is 4.63. The number of aromatic hydroxyl groups is 1. The van der Waals surface area contributed by atoms with Gasteiger partial charge in [-0.2, -0.15) is 5.26 Å². The number of halogens is 1. The Bertz CT molecular complexity index is 635. The molecule has 0 saturated carbocycles. The van der Waals surface area contributed by atoms with Crippen molar-refractivity contribution in [3.63, 3.8) is 0 Å². The number of phenols is 1. The molecule has 0 saturated heterocycles. The zero-order valence-corrected chi connectivity index (χ0v) is 9.22. The number of ether oxygens (including phenoxy) is 1. The van der Waals surface area contributed by atoms with Gasteiger partial charge in [-0.15, -0.1) is 0 Å². The molecule has 0 bridgehead atoms. The van der Waals surface area contributed by atoms with Crippen LogP contribution < -0.4 is 10.5 Å². The standard InChI is InChI=1S/C13H9FN2O2/c14-9-4-5-11(8(6-9)7-15)18-12-3-1-2-10(17)13(12)16/h1-6,17H,16H2. The highest BCUT2D eigenvalue weighted by Crippen LogP contribution is 2.34. The van der Waals surface area contributed by atoms with E-state index in [1.165, 1.54) is 18.2 Å². The maximum absolute atomic E-state index is 12.9. The van der Waals surface area contributed by atoms with Crippen molar-refractivity contribution in [2.75, 3.05) is 5.73 Å². The molecule has 90 valence electrons. The molecule has 18 heavy (non-hydrogen) atoms. The Morgan fingerprint density at radius 2 is 2.00 bits per heavy atom. The highest BCUT2D eigenvalue weighted by molar-refractivity contribution is 5.63. The predicted molar refractivity (Wildman–Crippen MR) is 63.7 cm³/mol. The molecule has 4 nitrogen and oxygen atoms in total. The van der Waals surface area contributed by atoms with Crippen molar-refractivity contribution in [3.05, 3.63) is 47.8 Å². The quantitative estimate of drug-likeness (QED) is 0.628. The highest BCUT2D eigenvalue weighted by atomic mass is 19.1. The van der Waals surface area contributed by atoms with Gasteiger partial charge in [-0.1, -0.05) is 6.07 Å². The van der Waals surface area contributed by atoms with Crippen LogP contribution in [0.15, 0.2) is 36.4 Å². The van der Waals surface area contributed by atoms with Crippen LogP contribution in [-0.4, -0.2) is 5.11 Å². The molecule has 0 atom stereocenters. The van der Waals surface area contributed by atoms with Crippen LogP contribution in [0.3, 0.4) is 0 Å². The number of nitrogen functional groups attached to an aromatic ring is 1. The zero-order valence-electron chi connectivity index (χ0n) is 9.22. The maximum atomic E-state index is 12.9. The van der Waals surface area contributed by atoms with Crippen LogP contribution in [0.2, 0.25) is 0 Å². The first kappa shape index (κ1) is 11.7. The molecule has 2 aromatic rings. The second-order valence-corrected chi connectivity index (χ2v) is 3.54. The van der Waals surface area contributed by atoms with Crippen LogP contribution >= 0.6 is 0 Å². The van der Waals surface area contributed by atoms with E-state index in [0.29, 0.717) is 0 Å². The topological polar surface area (TPSA) is 79.3 Å². The number of anilines is 1. The molecule has 5 heteroatoms. The number of hydrogen-bond donors (Lipinski definition) is 2. The Morgan fingerprint density at radius 1 is 1.22 bits per heavy atom. The summed E-state index contributed by atoms with van der Waals surface area (Å²) in [5.41, 5.74) is 5.73. The van der Waals surface area contributed by atoms with E-state index in [9.17, 15) is 9.50 Å². The van der Waals surface area contributed by atoms with E-state index in [4.69, 9.17) is 15.7 Å². The lowest BCUT2D eigenvalue weighted by molar-refractivity contribution is 0.458. The summed E-state index contributed by atoms with van der Waals surface area (Å²) in [6.45, 7) is 0. The average molecular weight is 244 g/mol. The third-order valence-electron chi connectivity index (χ3n) is 2.33. The van der Waals surface area contributed by atoms with Crippen molar-refractivity contribution in [1.29, 1.82) is 5.26 Å². The number of benzene rings is 2. The molecule has 0 unspecified atom stereocenters. The first-order valence-electron chi connectivity index (χ1n) is 5.07. The summed E-state index contributed by atoms with van der Waals surface area (Å²) in [5.74, 6) is -0.259. The fourth-order valence-electron chi connectivity index (χ4n) is 1.42. The summed E-state index contributed by atoms with van der Waals surface area (Å²) in [6.07, 6.45) is 0. The Balaban J connectivity index is 2.41. The molecular weight excluding hydrogens is 235 g/mol. The molecule has 2 rings (SSSR count). The van der Waals surface area contributed by atoms with Gasteiger partial charge in [0, 0.05) is 0 Å². The number of nitriles is 1. The van der Waals surface area contributed by atoms with Gasteiger partial charge in [0.25, 0.3) is 0 Å². The van der Waals surface area contributed by atoms with Gasteiger partial charge >= 0.3 is 0 Å². The van der Waals surface area contributed by atoms with E-state index < -0.39 is 5.82 Å². The van der Waals surface area contributed by atoms with Gasteiger partial charge in [0.1, 0.15) is 29.1 Å². The molecule has 0 aromatic heterocycles. The summed E-state index contributed by atoms with van der Waals surface area (Å²) in [5, 5.41) is 18.3. The number of phenolic OH excluding ortho intramolecular Hbond substituents is 1. The SMILES string of the molecule is N#Cc1cc(F)ccc1Oc1cccc(O)c1N. The van der Waals surface area contributed by atoms with Gasteiger partial charge in [0.2, 0.25) is 0 Å². The largest absolute Gasteiger partial charge is 0.506 e. The monoisotopic (exact) mass is 244 g/mol. The van der Waals surface area contributed by atoms with Crippen LogP contribution in [0.25, 0.3) is 0 Å². The van der Waals surface area contributed by atoms with E-state index in [1.54, 1.807) is 12.1 Å². The molecule has 0 aliphatic rings. The van der Waals surface area contributed by atoms with Crippen LogP contribution in [0.5, 0.6) is 17.2 Å². The Hall–Kier alpha value is -2.74. The van der Waals surface area contributed by atoms with Crippen LogP contribution in [0, 0.1) is 17.1 Å². The fourth-order valence-corrected chi connectivity index (χ4v) is 1.42. The van der Waals surface area contributed by atoms with Gasteiger partial charge in [-0.25, -0.2) is 4.39 Å². The minimum Gasteiger partial charge on any atom is -0.506 e. The Labute approximate surface area is 103 Å². The van der Waals surface area contributed by atoms with Crippen LogP contribution in [0.4, 0.5) is 10.1 Å². The third kappa shape index (κ3) is 2.18. The van der Waals surface area contributed by atoms with Gasteiger partial charge in [-0.3, -0.25) is 0 Å². The van der Waals surface area contributed by atoms with E-state index >= 15 is 0 Å². The van der Waals surface area contributed by atoms with Crippen molar-refractivity contribution in [2.45, 2.75) is 0 Å². The Kier molecular flexibility index (Phi) is 3.02. The smallest absolute Gasteiger partial charge is 0.154 e. The highest BCUT2D eigenvalue weighted by Gasteiger charge is 2.10. The Morgan fingerprint density at radius 3 is 2.72 bits per heavy atom. The van der Waals surface area contributed by atoms with Crippen molar-refractivity contribution in [1.82, 2.24) is 0 Å².